The molecule has 1 atom stereocenters. The number of nitrogens with two attached hydrogens (primary N) is 1. The summed E-state index contributed by atoms with van der Waals surface area (Å²) in [6, 6.07) is 5.86. The van der Waals surface area contributed by atoms with Crippen molar-refractivity contribution in [1.29, 1.82) is 0 Å². The van der Waals surface area contributed by atoms with Crippen molar-refractivity contribution < 1.29 is 4.79 Å². The normalized spacial score (nSPS) is 20.2. The number of nitrogens with zero attached hydrogens (tertiary/aromatic N) is 1. The Morgan fingerprint density at radius 3 is 2.94 bits per heavy atom. The van der Waals surface area contributed by atoms with Crippen molar-refractivity contribution in [3.05, 3.63) is 23.8 Å². The molecule has 17 heavy (non-hydrogen) atoms. The molecule has 1 saturated carbocycles. The number of rotatable bonds is 2. The first-order chi connectivity index (χ1) is 8.18. The van der Waals surface area contributed by atoms with Crippen LogP contribution in [0.5, 0.6) is 0 Å². The van der Waals surface area contributed by atoms with Gasteiger partial charge in [0.1, 0.15) is 0 Å². The van der Waals surface area contributed by atoms with Crippen LogP contribution in [0.2, 0.25) is 0 Å². The second-order valence-corrected chi connectivity index (χ2v) is 5.21. The molecule has 0 aromatic heterocycles. The Kier molecular flexibility index (Phi) is 2.35. The Morgan fingerprint density at radius 1 is 1.47 bits per heavy atom. The minimum Gasteiger partial charge on any atom is -0.398 e. The lowest BCUT2D eigenvalue weighted by atomic mass is 10.0. The highest BCUT2D eigenvalue weighted by atomic mass is 16.2. The van der Waals surface area contributed by atoms with Crippen LogP contribution in [0.4, 0.5) is 11.4 Å². The van der Waals surface area contributed by atoms with Gasteiger partial charge < -0.3 is 10.6 Å². The standard InChI is InChI=1S/C14H18N2O/c1-9(10-5-6-10)14(17)16-8-7-11-12(15)3-2-4-13(11)16/h2-4,9-10H,5-8,15H2,1H3. The summed E-state index contributed by atoms with van der Waals surface area (Å²) in [6.07, 6.45) is 3.32. The molecule has 0 spiro atoms. The first-order valence-corrected chi connectivity index (χ1v) is 6.37. The molecule has 1 heterocycles. The predicted octanol–water partition coefficient (Wildman–Crippen LogP) is 2.20. The third kappa shape index (κ3) is 1.70. The molecule has 1 unspecified atom stereocenters. The van der Waals surface area contributed by atoms with Crippen LogP contribution in [0.1, 0.15) is 25.3 Å². The molecule has 0 bridgehead atoms. The zero-order valence-corrected chi connectivity index (χ0v) is 10.1. The summed E-state index contributed by atoms with van der Waals surface area (Å²) < 4.78 is 0. The molecule has 3 rings (SSSR count). The summed E-state index contributed by atoms with van der Waals surface area (Å²) in [7, 11) is 0. The van der Waals surface area contributed by atoms with Gasteiger partial charge in [0.2, 0.25) is 5.91 Å². The average Bonchev–Trinajstić information content (AvgIpc) is 3.08. The molecule has 3 heteroatoms. The van der Waals surface area contributed by atoms with E-state index in [9.17, 15) is 4.79 Å². The van der Waals surface area contributed by atoms with Crippen LogP contribution in [-0.2, 0) is 11.2 Å². The molecule has 90 valence electrons. The Hall–Kier alpha value is -1.51. The number of hydrogen-bond acceptors (Lipinski definition) is 2. The minimum atomic E-state index is 0.169. The molecule has 0 radical (unpaired) electrons. The van der Waals surface area contributed by atoms with Crippen molar-refractivity contribution in [2.45, 2.75) is 26.2 Å². The molecule has 1 aromatic carbocycles. The third-order valence-electron chi connectivity index (χ3n) is 4.05. The lowest BCUT2D eigenvalue weighted by Gasteiger charge is -2.21. The van der Waals surface area contributed by atoms with Gasteiger partial charge in [-0.3, -0.25) is 4.79 Å². The van der Waals surface area contributed by atoms with E-state index in [4.69, 9.17) is 5.73 Å². The van der Waals surface area contributed by atoms with E-state index < -0.39 is 0 Å². The highest BCUT2D eigenvalue weighted by molar-refractivity contribution is 5.98. The predicted molar refractivity (Wildman–Crippen MR) is 68.8 cm³/mol. The van der Waals surface area contributed by atoms with Crippen LogP contribution in [0.3, 0.4) is 0 Å². The van der Waals surface area contributed by atoms with E-state index in [1.807, 2.05) is 23.1 Å². The van der Waals surface area contributed by atoms with Crippen molar-refractivity contribution in [3.8, 4) is 0 Å². The Labute approximate surface area is 102 Å². The summed E-state index contributed by atoms with van der Waals surface area (Å²) in [5.41, 5.74) is 8.93. The van der Waals surface area contributed by atoms with E-state index in [-0.39, 0.29) is 11.8 Å². The summed E-state index contributed by atoms with van der Waals surface area (Å²) in [6.45, 7) is 2.85. The summed E-state index contributed by atoms with van der Waals surface area (Å²) >= 11 is 0. The fraction of sp³-hybridized carbons (Fsp3) is 0.500. The van der Waals surface area contributed by atoms with Gasteiger partial charge in [0.25, 0.3) is 0 Å². The largest absolute Gasteiger partial charge is 0.398 e. The molecule has 1 aliphatic heterocycles. The molecular weight excluding hydrogens is 212 g/mol. The third-order valence-corrected chi connectivity index (χ3v) is 4.05. The minimum absolute atomic E-state index is 0.169. The molecule has 0 saturated heterocycles. The number of nitrogen functional groups attached to an aromatic ring is 1. The van der Waals surface area contributed by atoms with E-state index in [1.54, 1.807) is 0 Å². The maximum atomic E-state index is 12.4. The Bertz CT molecular complexity index is 465. The molecule has 1 aromatic rings. The van der Waals surface area contributed by atoms with Crippen molar-refractivity contribution in [3.63, 3.8) is 0 Å². The number of hydrogen-bond donors (Lipinski definition) is 1. The van der Waals surface area contributed by atoms with Gasteiger partial charge in [-0.2, -0.15) is 0 Å². The van der Waals surface area contributed by atoms with Gasteiger partial charge >= 0.3 is 0 Å². The van der Waals surface area contributed by atoms with Crippen LogP contribution >= 0.6 is 0 Å². The second-order valence-electron chi connectivity index (χ2n) is 5.21. The molecule has 2 aliphatic rings. The van der Waals surface area contributed by atoms with Crippen LogP contribution in [-0.4, -0.2) is 12.5 Å². The first kappa shape index (κ1) is 10.6. The zero-order valence-electron chi connectivity index (χ0n) is 10.1. The van der Waals surface area contributed by atoms with E-state index >= 15 is 0 Å². The first-order valence-electron chi connectivity index (χ1n) is 6.37. The number of carbonyl (C=O) groups excluding carboxylic acids is 1. The summed E-state index contributed by atoms with van der Waals surface area (Å²) in [4.78, 5) is 14.3. The van der Waals surface area contributed by atoms with Crippen LogP contribution in [0.15, 0.2) is 18.2 Å². The summed E-state index contributed by atoms with van der Waals surface area (Å²) in [5.74, 6) is 1.06. The van der Waals surface area contributed by atoms with Crippen LogP contribution in [0.25, 0.3) is 0 Å². The molecule has 2 N–H and O–H groups in total. The van der Waals surface area contributed by atoms with Crippen LogP contribution in [0, 0.1) is 11.8 Å². The van der Waals surface area contributed by atoms with Gasteiger partial charge in [-0.25, -0.2) is 0 Å². The smallest absolute Gasteiger partial charge is 0.230 e. The lowest BCUT2D eigenvalue weighted by molar-refractivity contribution is -0.122. The topological polar surface area (TPSA) is 46.3 Å². The van der Waals surface area contributed by atoms with Gasteiger partial charge in [-0.1, -0.05) is 13.0 Å². The molecule has 1 aliphatic carbocycles. The molecule has 1 fully saturated rings. The van der Waals surface area contributed by atoms with Crippen molar-refractivity contribution in [1.82, 2.24) is 0 Å². The Morgan fingerprint density at radius 2 is 2.24 bits per heavy atom. The maximum absolute atomic E-state index is 12.4. The fourth-order valence-corrected chi connectivity index (χ4v) is 2.73. The monoisotopic (exact) mass is 230 g/mol. The molecular formula is C14H18N2O. The van der Waals surface area contributed by atoms with E-state index in [0.29, 0.717) is 5.92 Å². The van der Waals surface area contributed by atoms with Crippen LogP contribution < -0.4 is 10.6 Å². The van der Waals surface area contributed by atoms with Crippen molar-refractivity contribution >= 4 is 17.3 Å². The van der Waals surface area contributed by atoms with Gasteiger partial charge in [0.05, 0.1) is 0 Å². The average molecular weight is 230 g/mol. The number of benzene rings is 1. The van der Waals surface area contributed by atoms with Gasteiger partial charge in [-0.15, -0.1) is 0 Å². The maximum Gasteiger partial charge on any atom is 0.230 e. The fourth-order valence-electron chi connectivity index (χ4n) is 2.73. The molecule has 1 amide bonds. The zero-order chi connectivity index (χ0) is 12.0. The summed E-state index contributed by atoms with van der Waals surface area (Å²) in [5, 5.41) is 0. The van der Waals surface area contributed by atoms with Gasteiger partial charge in [0.15, 0.2) is 0 Å². The number of carbonyl (C=O) groups is 1. The second kappa shape index (κ2) is 3.76. The Balaban J connectivity index is 1.87. The van der Waals surface area contributed by atoms with Gasteiger partial charge in [0, 0.05) is 29.4 Å². The van der Waals surface area contributed by atoms with Crippen molar-refractivity contribution in [2.75, 3.05) is 17.2 Å². The highest BCUT2D eigenvalue weighted by Gasteiger charge is 2.37. The van der Waals surface area contributed by atoms with E-state index in [2.05, 4.69) is 6.92 Å². The number of fused-ring (bicyclic) bond motifs is 1. The van der Waals surface area contributed by atoms with Gasteiger partial charge in [-0.05, 0) is 37.3 Å². The number of anilines is 2. The van der Waals surface area contributed by atoms with E-state index in [1.165, 1.54) is 12.8 Å². The van der Waals surface area contributed by atoms with E-state index in [0.717, 1.165) is 29.9 Å². The lowest BCUT2D eigenvalue weighted by Crippen LogP contribution is -2.34. The SMILES string of the molecule is CC(C(=O)N1CCc2c(N)cccc21)C1CC1. The quantitative estimate of drug-likeness (QED) is 0.792. The number of amides is 1. The molecule has 3 nitrogen and oxygen atoms in total. The van der Waals surface area contributed by atoms with Crippen molar-refractivity contribution in [2.24, 2.45) is 11.8 Å². The highest BCUT2D eigenvalue weighted by Crippen LogP contribution is 2.40.